The van der Waals surface area contributed by atoms with Gasteiger partial charge in [0.05, 0.1) is 18.0 Å². The molecule has 1 heterocycles. The second kappa shape index (κ2) is 11.5. The maximum atomic E-state index is 13.7. The molecule has 10 heteroatoms. The quantitative estimate of drug-likeness (QED) is 0.404. The Morgan fingerprint density at radius 3 is 2.47 bits per heavy atom. The summed E-state index contributed by atoms with van der Waals surface area (Å²) in [5, 5.41) is 36.2. The van der Waals surface area contributed by atoms with Crippen molar-refractivity contribution in [3.05, 3.63) is 65.2 Å². The van der Waals surface area contributed by atoms with E-state index in [1.165, 1.54) is 22.7 Å². The lowest BCUT2D eigenvalue weighted by atomic mass is 9.96. The second-order valence-electron chi connectivity index (χ2n) is 10.5. The van der Waals surface area contributed by atoms with Crippen LogP contribution in [-0.2, 0) is 16.0 Å². The Labute approximate surface area is 227 Å². The third-order valence-electron chi connectivity index (χ3n) is 6.59. The van der Waals surface area contributed by atoms with E-state index < -0.39 is 46.2 Å². The van der Waals surface area contributed by atoms with Crippen LogP contribution in [0.3, 0.4) is 0 Å². The Hall–Kier alpha value is -3.55. The van der Waals surface area contributed by atoms with E-state index in [9.17, 15) is 29.9 Å². The second-order valence-corrected chi connectivity index (χ2v) is 12.1. The molecule has 1 fully saturated rings. The van der Waals surface area contributed by atoms with Gasteiger partial charge >= 0.3 is 0 Å². The maximum absolute atomic E-state index is 13.7. The molecule has 0 radical (unpaired) electrons. The highest BCUT2D eigenvalue weighted by Gasteiger charge is 2.50. The van der Waals surface area contributed by atoms with E-state index in [1.54, 1.807) is 32.9 Å². The number of hydrogen-bond acceptors (Lipinski definition) is 7. The van der Waals surface area contributed by atoms with Crippen molar-refractivity contribution in [2.45, 2.75) is 69.5 Å². The number of nitrogens with one attached hydrogen (secondary N) is 2. The molecule has 3 amide bonds. The van der Waals surface area contributed by atoms with Crippen molar-refractivity contribution >= 4 is 29.5 Å². The first-order valence-corrected chi connectivity index (χ1v) is 13.2. The number of aliphatic hydroxyl groups excluding tert-OH is 1. The van der Waals surface area contributed by atoms with Crippen molar-refractivity contribution in [3.63, 3.8) is 0 Å². The van der Waals surface area contributed by atoms with Crippen LogP contribution in [-0.4, -0.2) is 67.2 Å². The molecule has 0 aliphatic carbocycles. The van der Waals surface area contributed by atoms with E-state index in [2.05, 4.69) is 10.6 Å². The number of amides is 3. The first-order valence-electron chi connectivity index (χ1n) is 12.3. The summed E-state index contributed by atoms with van der Waals surface area (Å²) in [6.07, 6.45) is -1.51. The molecule has 4 N–H and O–H groups in total. The molecule has 1 saturated heterocycles. The smallest absolute Gasteiger partial charge is 0.254 e. The molecule has 202 valence electrons. The van der Waals surface area contributed by atoms with Crippen LogP contribution in [0.4, 0.5) is 0 Å². The molecule has 2 aromatic carbocycles. The first kappa shape index (κ1) is 29.0. The number of aliphatic hydroxyl groups is 1. The third kappa shape index (κ3) is 6.47. The van der Waals surface area contributed by atoms with Gasteiger partial charge in [0.15, 0.2) is 6.10 Å². The van der Waals surface area contributed by atoms with Crippen LogP contribution in [0.1, 0.15) is 49.2 Å². The molecule has 0 aromatic heterocycles. The number of aromatic hydroxyl groups is 1. The van der Waals surface area contributed by atoms with Gasteiger partial charge in [-0.25, -0.2) is 0 Å². The van der Waals surface area contributed by atoms with E-state index in [0.29, 0.717) is 5.56 Å². The summed E-state index contributed by atoms with van der Waals surface area (Å²) in [6.45, 7) is 8.39. The summed E-state index contributed by atoms with van der Waals surface area (Å²) in [5.41, 5.74) is 0.241. The molecule has 0 saturated carbocycles. The Morgan fingerprint density at radius 2 is 1.84 bits per heavy atom. The Bertz CT molecular complexity index is 1240. The van der Waals surface area contributed by atoms with E-state index in [0.717, 1.165) is 5.56 Å². The highest BCUT2D eigenvalue weighted by Crippen LogP contribution is 2.40. The number of phenolic OH excluding ortho intramolecular Hbond substituents is 1. The lowest BCUT2D eigenvalue weighted by Crippen LogP contribution is -2.60. The van der Waals surface area contributed by atoms with Crippen molar-refractivity contribution in [2.24, 2.45) is 0 Å². The Balaban J connectivity index is 1.90. The van der Waals surface area contributed by atoms with Gasteiger partial charge in [0.25, 0.3) is 11.8 Å². The van der Waals surface area contributed by atoms with Crippen molar-refractivity contribution in [1.29, 1.82) is 5.26 Å². The lowest BCUT2D eigenvalue weighted by Gasteiger charge is -2.34. The van der Waals surface area contributed by atoms with Gasteiger partial charge in [0, 0.05) is 15.9 Å². The monoisotopic (exact) mass is 538 g/mol. The van der Waals surface area contributed by atoms with Gasteiger partial charge in [0.2, 0.25) is 5.91 Å². The minimum atomic E-state index is -1.66. The molecular weight excluding hydrogens is 504 g/mol. The fourth-order valence-corrected chi connectivity index (χ4v) is 5.52. The van der Waals surface area contributed by atoms with Gasteiger partial charge < -0.3 is 25.7 Å². The third-order valence-corrected chi connectivity index (χ3v) is 7.97. The summed E-state index contributed by atoms with van der Waals surface area (Å²) >= 11 is 1.39. The SMILES string of the molecule is Cc1c(O)cccc1C(=O)N[C@@H](Cc1ccccc1)[C@H](O)C(=O)N1CSC(C)(C)[C@H]1C(=O)NC(C)(C)C#N. The lowest BCUT2D eigenvalue weighted by molar-refractivity contribution is -0.147. The molecule has 2 aromatic rings. The minimum Gasteiger partial charge on any atom is -0.508 e. The average molecular weight is 539 g/mol. The summed E-state index contributed by atoms with van der Waals surface area (Å²) < 4.78 is -0.679. The van der Waals surface area contributed by atoms with Crippen LogP contribution in [0.2, 0.25) is 0 Å². The van der Waals surface area contributed by atoms with Gasteiger partial charge in [-0.05, 0) is 58.7 Å². The molecule has 9 nitrogen and oxygen atoms in total. The standard InChI is InChI=1S/C28H34N4O5S/c1-17-19(12-9-13-21(17)33)24(35)30-20(14-18-10-7-6-8-11-18)22(34)26(37)32-16-38-28(4,5)23(32)25(36)31-27(2,3)15-29/h6-13,20,22-23,33-34H,14,16H2,1-5H3,(H,30,35)(H,31,36)/t20-,22-,23+/m0/s1. The number of thioether (sulfide) groups is 1. The van der Waals surface area contributed by atoms with Crippen molar-refractivity contribution in [3.8, 4) is 11.8 Å². The number of phenols is 1. The van der Waals surface area contributed by atoms with Crippen LogP contribution in [0.5, 0.6) is 5.75 Å². The van der Waals surface area contributed by atoms with Crippen LogP contribution in [0.15, 0.2) is 48.5 Å². The molecule has 1 aliphatic heterocycles. The summed E-state index contributed by atoms with van der Waals surface area (Å²) in [6, 6.07) is 13.7. The Morgan fingerprint density at radius 1 is 1.18 bits per heavy atom. The number of rotatable bonds is 8. The van der Waals surface area contributed by atoms with Crippen LogP contribution < -0.4 is 10.6 Å². The van der Waals surface area contributed by atoms with E-state index >= 15 is 0 Å². The number of benzene rings is 2. The van der Waals surface area contributed by atoms with Crippen molar-refractivity contribution < 1.29 is 24.6 Å². The number of nitriles is 1. The maximum Gasteiger partial charge on any atom is 0.254 e. The van der Waals surface area contributed by atoms with Crippen LogP contribution in [0, 0.1) is 18.3 Å². The van der Waals surface area contributed by atoms with Crippen molar-refractivity contribution in [2.75, 3.05) is 5.88 Å². The molecule has 0 unspecified atom stereocenters. The number of carbonyl (C=O) groups excluding carboxylic acids is 3. The summed E-state index contributed by atoms with van der Waals surface area (Å²) in [7, 11) is 0. The normalized spacial score (nSPS) is 18.2. The van der Waals surface area contributed by atoms with Crippen molar-refractivity contribution in [1.82, 2.24) is 15.5 Å². The number of nitrogens with zero attached hydrogens (tertiary/aromatic N) is 2. The zero-order valence-corrected chi connectivity index (χ0v) is 23.0. The van der Waals surface area contributed by atoms with Gasteiger partial charge in [-0.3, -0.25) is 14.4 Å². The predicted octanol–water partition coefficient (Wildman–Crippen LogP) is 2.50. The highest BCUT2D eigenvalue weighted by molar-refractivity contribution is 8.00. The minimum absolute atomic E-state index is 0.0423. The summed E-state index contributed by atoms with van der Waals surface area (Å²) in [4.78, 5) is 41.4. The van der Waals surface area contributed by atoms with Crippen LogP contribution in [0.25, 0.3) is 0 Å². The molecule has 3 rings (SSSR count). The fraction of sp³-hybridized carbons (Fsp3) is 0.429. The zero-order valence-electron chi connectivity index (χ0n) is 22.2. The summed E-state index contributed by atoms with van der Waals surface area (Å²) in [5.74, 6) is -1.63. The molecule has 38 heavy (non-hydrogen) atoms. The van der Waals surface area contributed by atoms with Crippen LogP contribution >= 0.6 is 11.8 Å². The average Bonchev–Trinajstić information content (AvgIpc) is 3.19. The molecule has 1 aliphatic rings. The van der Waals surface area contributed by atoms with Gasteiger partial charge in [-0.1, -0.05) is 36.4 Å². The van der Waals surface area contributed by atoms with E-state index in [1.807, 2.05) is 50.2 Å². The largest absolute Gasteiger partial charge is 0.508 e. The van der Waals surface area contributed by atoms with E-state index in [4.69, 9.17) is 0 Å². The van der Waals surface area contributed by atoms with Gasteiger partial charge in [0.1, 0.15) is 17.3 Å². The van der Waals surface area contributed by atoms with Gasteiger partial charge in [-0.2, -0.15) is 5.26 Å². The van der Waals surface area contributed by atoms with E-state index in [-0.39, 0.29) is 23.6 Å². The number of carbonyl (C=O) groups is 3. The zero-order chi connectivity index (χ0) is 28.3. The van der Waals surface area contributed by atoms with Gasteiger partial charge in [-0.15, -0.1) is 11.8 Å². The molecule has 0 spiro atoms. The number of hydrogen-bond donors (Lipinski definition) is 4. The highest BCUT2D eigenvalue weighted by atomic mass is 32.2. The Kier molecular flexibility index (Phi) is 8.75. The molecule has 3 atom stereocenters. The first-order chi connectivity index (χ1) is 17.8. The molecular formula is C28H34N4O5S. The predicted molar refractivity (Wildman–Crippen MR) is 145 cm³/mol. The fourth-order valence-electron chi connectivity index (χ4n) is 4.38. The topological polar surface area (TPSA) is 143 Å². The molecule has 0 bridgehead atoms.